The zero-order chi connectivity index (χ0) is 10.3. The molecule has 0 heterocycles. The lowest BCUT2D eigenvalue weighted by atomic mass is 10.2. The number of amides is 1. The van der Waals surface area contributed by atoms with Crippen LogP contribution in [0.25, 0.3) is 0 Å². The quantitative estimate of drug-likeness (QED) is 0.726. The molecule has 1 N–H and O–H groups in total. The van der Waals surface area contributed by atoms with Crippen molar-refractivity contribution in [2.24, 2.45) is 0 Å². The monoisotopic (exact) mass is 251 g/mol. The molecule has 3 nitrogen and oxygen atoms in total. The van der Waals surface area contributed by atoms with E-state index in [-0.39, 0.29) is 18.6 Å². The van der Waals surface area contributed by atoms with Crippen LogP contribution < -0.4 is 0 Å². The second kappa shape index (κ2) is 7.33. The summed E-state index contributed by atoms with van der Waals surface area (Å²) < 4.78 is 0. The number of halogens is 1. The molecule has 0 aromatic heterocycles. The summed E-state index contributed by atoms with van der Waals surface area (Å²) in [5, 5.41) is 9.36. The van der Waals surface area contributed by atoms with Crippen molar-refractivity contribution in [1.29, 1.82) is 0 Å². The number of alkyl halides is 1. The van der Waals surface area contributed by atoms with E-state index in [0.29, 0.717) is 24.7 Å². The summed E-state index contributed by atoms with van der Waals surface area (Å²) in [4.78, 5) is 13.3. The van der Waals surface area contributed by atoms with Crippen LogP contribution in [0.15, 0.2) is 0 Å². The number of carbonyl (C=O) groups is 1. The second-order valence-corrected chi connectivity index (χ2v) is 3.99. The normalized spacial score (nSPS) is 10.5. The van der Waals surface area contributed by atoms with Crippen molar-refractivity contribution in [2.75, 3.05) is 18.5 Å². The lowest BCUT2D eigenvalue weighted by Gasteiger charge is -2.26. The molecule has 78 valence electrons. The molecule has 1 amide bonds. The molecule has 0 unspecified atom stereocenters. The van der Waals surface area contributed by atoms with Gasteiger partial charge in [-0.05, 0) is 20.3 Å². The number of carbonyl (C=O) groups excluding carboxylic acids is 1. The largest absolute Gasteiger partial charge is 0.396 e. The average molecular weight is 252 g/mol. The molecule has 0 fully saturated rings. The zero-order valence-electron chi connectivity index (χ0n) is 8.29. The van der Waals surface area contributed by atoms with E-state index >= 15 is 0 Å². The highest BCUT2D eigenvalue weighted by atomic mass is 79.9. The molecule has 0 atom stereocenters. The van der Waals surface area contributed by atoms with Crippen LogP contribution in [0.2, 0.25) is 0 Å². The third-order valence-corrected chi connectivity index (χ3v) is 2.21. The van der Waals surface area contributed by atoms with Gasteiger partial charge in [0.2, 0.25) is 5.91 Å². The topological polar surface area (TPSA) is 40.5 Å². The minimum absolute atomic E-state index is 0.144. The van der Waals surface area contributed by atoms with E-state index in [1.807, 2.05) is 13.8 Å². The minimum Gasteiger partial charge on any atom is -0.396 e. The summed E-state index contributed by atoms with van der Waals surface area (Å²) in [5.74, 6) is 0.153. The van der Waals surface area contributed by atoms with Gasteiger partial charge < -0.3 is 10.0 Å². The Morgan fingerprint density at radius 2 is 2.15 bits per heavy atom. The zero-order valence-corrected chi connectivity index (χ0v) is 9.88. The maximum atomic E-state index is 11.5. The van der Waals surface area contributed by atoms with Crippen molar-refractivity contribution < 1.29 is 9.90 Å². The third kappa shape index (κ3) is 5.26. The maximum absolute atomic E-state index is 11.5. The van der Waals surface area contributed by atoms with Crippen LogP contribution in [0, 0.1) is 0 Å². The lowest BCUT2D eigenvalue weighted by molar-refractivity contribution is -0.132. The van der Waals surface area contributed by atoms with Crippen LogP contribution in [-0.2, 0) is 4.79 Å². The molecular weight excluding hydrogens is 234 g/mol. The molecule has 0 aromatic rings. The molecule has 0 spiro atoms. The Balaban J connectivity index is 3.99. The summed E-state index contributed by atoms with van der Waals surface area (Å²) in [6.07, 6.45) is 1.19. The van der Waals surface area contributed by atoms with Gasteiger partial charge in [-0.15, -0.1) is 0 Å². The SMILES string of the molecule is CC(C)N(CCCO)C(=O)CCBr. The van der Waals surface area contributed by atoms with Crippen LogP contribution >= 0.6 is 15.9 Å². The maximum Gasteiger partial charge on any atom is 0.223 e. The van der Waals surface area contributed by atoms with E-state index in [0.717, 1.165) is 0 Å². The number of aliphatic hydroxyl groups is 1. The predicted octanol–water partition coefficient (Wildman–Crippen LogP) is 1.39. The first kappa shape index (κ1) is 12.9. The minimum atomic E-state index is 0.144. The summed E-state index contributed by atoms with van der Waals surface area (Å²) in [6.45, 7) is 4.78. The lowest BCUT2D eigenvalue weighted by Crippen LogP contribution is -2.38. The van der Waals surface area contributed by atoms with Gasteiger partial charge >= 0.3 is 0 Å². The van der Waals surface area contributed by atoms with Crippen LogP contribution in [0.3, 0.4) is 0 Å². The molecule has 0 aliphatic carbocycles. The molecule has 0 aliphatic rings. The fraction of sp³-hybridized carbons (Fsp3) is 0.889. The third-order valence-electron chi connectivity index (χ3n) is 1.81. The smallest absolute Gasteiger partial charge is 0.223 e. The molecule has 0 rings (SSSR count). The standard InChI is InChI=1S/C9H18BrNO2/c1-8(2)11(6-3-7-12)9(13)4-5-10/h8,12H,3-7H2,1-2H3. The van der Waals surface area contributed by atoms with Gasteiger partial charge in [0.05, 0.1) is 0 Å². The number of hydrogen-bond acceptors (Lipinski definition) is 2. The molecule has 0 aromatic carbocycles. The van der Waals surface area contributed by atoms with E-state index in [9.17, 15) is 4.79 Å². The van der Waals surface area contributed by atoms with E-state index < -0.39 is 0 Å². The van der Waals surface area contributed by atoms with Gasteiger partial charge in [-0.25, -0.2) is 0 Å². The Hall–Kier alpha value is -0.0900. The van der Waals surface area contributed by atoms with Gasteiger partial charge in [-0.2, -0.15) is 0 Å². The van der Waals surface area contributed by atoms with Crippen LogP contribution in [0.5, 0.6) is 0 Å². The highest BCUT2D eigenvalue weighted by Gasteiger charge is 2.14. The molecule has 0 bridgehead atoms. The van der Waals surface area contributed by atoms with Gasteiger partial charge in [0.15, 0.2) is 0 Å². The highest BCUT2D eigenvalue weighted by molar-refractivity contribution is 9.09. The molecule has 0 aliphatic heterocycles. The van der Waals surface area contributed by atoms with Gasteiger partial charge in [-0.3, -0.25) is 4.79 Å². The van der Waals surface area contributed by atoms with Crippen molar-refractivity contribution in [1.82, 2.24) is 4.90 Å². The van der Waals surface area contributed by atoms with E-state index in [1.165, 1.54) is 0 Å². The average Bonchev–Trinajstić information content (AvgIpc) is 2.05. The molecule has 13 heavy (non-hydrogen) atoms. The Morgan fingerprint density at radius 1 is 1.54 bits per heavy atom. The van der Waals surface area contributed by atoms with Gasteiger partial charge in [0.25, 0.3) is 0 Å². The summed E-state index contributed by atoms with van der Waals surface area (Å²) in [6, 6.07) is 0.220. The number of aliphatic hydroxyl groups excluding tert-OH is 1. The van der Waals surface area contributed by atoms with E-state index in [2.05, 4.69) is 15.9 Å². The van der Waals surface area contributed by atoms with Gasteiger partial charge in [0.1, 0.15) is 0 Å². The first-order valence-corrected chi connectivity index (χ1v) is 5.72. The Kier molecular flexibility index (Phi) is 7.28. The highest BCUT2D eigenvalue weighted by Crippen LogP contribution is 2.04. The van der Waals surface area contributed by atoms with Crippen LogP contribution in [-0.4, -0.2) is 40.4 Å². The number of hydrogen-bond donors (Lipinski definition) is 1. The summed E-state index contributed by atoms with van der Waals surface area (Å²) in [5.41, 5.74) is 0. The molecule has 4 heteroatoms. The molecular formula is C9H18BrNO2. The number of nitrogens with zero attached hydrogens (tertiary/aromatic N) is 1. The van der Waals surface area contributed by atoms with Gasteiger partial charge in [-0.1, -0.05) is 15.9 Å². The fourth-order valence-electron chi connectivity index (χ4n) is 1.14. The van der Waals surface area contributed by atoms with Crippen molar-refractivity contribution in [3.05, 3.63) is 0 Å². The Morgan fingerprint density at radius 3 is 2.54 bits per heavy atom. The van der Waals surface area contributed by atoms with Crippen LogP contribution in [0.1, 0.15) is 26.7 Å². The first-order valence-electron chi connectivity index (χ1n) is 4.59. The number of rotatable bonds is 6. The summed E-state index contributed by atoms with van der Waals surface area (Å²) >= 11 is 3.24. The van der Waals surface area contributed by atoms with Crippen molar-refractivity contribution >= 4 is 21.8 Å². The Bertz CT molecular complexity index is 151. The Labute approximate surface area is 88.2 Å². The molecule has 0 radical (unpaired) electrons. The van der Waals surface area contributed by atoms with Gasteiger partial charge in [0, 0.05) is 30.9 Å². The molecule has 0 saturated heterocycles. The first-order chi connectivity index (χ1) is 6.13. The van der Waals surface area contributed by atoms with Crippen molar-refractivity contribution in [2.45, 2.75) is 32.7 Å². The summed E-state index contributed by atoms with van der Waals surface area (Å²) in [7, 11) is 0. The second-order valence-electron chi connectivity index (χ2n) is 3.20. The molecule has 0 saturated carbocycles. The van der Waals surface area contributed by atoms with Crippen molar-refractivity contribution in [3.8, 4) is 0 Å². The van der Waals surface area contributed by atoms with Crippen LogP contribution in [0.4, 0.5) is 0 Å². The van der Waals surface area contributed by atoms with E-state index in [1.54, 1.807) is 4.90 Å². The predicted molar refractivity (Wildman–Crippen MR) is 57.0 cm³/mol. The van der Waals surface area contributed by atoms with E-state index in [4.69, 9.17) is 5.11 Å². The van der Waals surface area contributed by atoms with Crippen molar-refractivity contribution in [3.63, 3.8) is 0 Å². The fourth-order valence-corrected chi connectivity index (χ4v) is 1.48.